The largest absolute Gasteiger partial charge is 0.437 e. The smallest absolute Gasteiger partial charge is 0.238 e. The van der Waals surface area contributed by atoms with E-state index in [1.54, 1.807) is 18.2 Å². The number of nitrogens with zero attached hydrogens (tertiary/aromatic N) is 1. The Kier molecular flexibility index (Phi) is 4.23. The first-order valence-electron chi connectivity index (χ1n) is 7.24. The summed E-state index contributed by atoms with van der Waals surface area (Å²) in [5.74, 6) is 0.356. The van der Waals surface area contributed by atoms with Gasteiger partial charge in [-0.15, -0.1) is 0 Å². The second kappa shape index (κ2) is 6.20. The van der Waals surface area contributed by atoms with Crippen molar-refractivity contribution in [1.82, 2.24) is 4.98 Å². The Hall–Kier alpha value is -2.48. The van der Waals surface area contributed by atoms with E-state index in [2.05, 4.69) is 4.98 Å². The zero-order valence-electron chi connectivity index (χ0n) is 12.9. The van der Waals surface area contributed by atoms with E-state index in [0.29, 0.717) is 11.3 Å². The molecule has 1 atom stereocenters. The summed E-state index contributed by atoms with van der Waals surface area (Å²) in [4.78, 5) is 4.27. The number of benzene rings is 2. The second-order valence-corrected chi connectivity index (χ2v) is 6.84. The molecular formula is C17H16N2O4S. The molecule has 6 nitrogen and oxygen atoms in total. The molecule has 0 amide bonds. The maximum absolute atomic E-state index is 11.9. The van der Waals surface area contributed by atoms with E-state index in [-0.39, 0.29) is 16.5 Å². The van der Waals surface area contributed by atoms with Gasteiger partial charge >= 0.3 is 0 Å². The molecule has 0 bridgehead atoms. The molecule has 0 aliphatic heterocycles. The Balaban J connectivity index is 2.30. The SMILES string of the molecule is CC(O)c1nc(-c2ccccc2)c(-c2ccccc2S(N)(=O)=O)o1. The zero-order chi connectivity index (χ0) is 17.3. The van der Waals surface area contributed by atoms with Crippen LogP contribution in [0.1, 0.15) is 18.9 Å². The van der Waals surface area contributed by atoms with Gasteiger partial charge in [0.1, 0.15) is 11.8 Å². The summed E-state index contributed by atoms with van der Waals surface area (Å²) in [5, 5.41) is 15.1. The number of oxazole rings is 1. The number of aliphatic hydroxyl groups is 1. The van der Waals surface area contributed by atoms with Crippen LogP contribution in [-0.2, 0) is 10.0 Å². The number of nitrogens with two attached hydrogens (primary N) is 1. The van der Waals surface area contributed by atoms with Crippen molar-refractivity contribution in [2.45, 2.75) is 17.9 Å². The van der Waals surface area contributed by atoms with Crippen LogP contribution >= 0.6 is 0 Å². The third-order valence-electron chi connectivity index (χ3n) is 3.49. The Bertz CT molecular complexity index is 963. The van der Waals surface area contributed by atoms with Gasteiger partial charge in [-0.05, 0) is 19.1 Å². The van der Waals surface area contributed by atoms with Crippen molar-refractivity contribution >= 4 is 10.0 Å². The molecule has 0 aliphatic rings. The first-order chi connectivity index (χ1) is 11.4. The van der Waals surface area contributed by atoms with Crippen molar-refractivity contribution in [2.75, 3.05) is 0 Å². The normalized spacial score (nSPS) is 13.0. The minimum absolute atomic E-state index is 0.0597. The summed E-state index contributed by atoms with van der Waals surface area (Å²) in [5.41, 5.74) is 1.49. The van der Waals surface area contributed by atoms with E-state index in [1.165, 1.54) is 13.0 Å². The molecule has 24 heavy (non-hydrogen) atoms. The van der Waals surface area contributed by atoms with E-state index in [9.17, 15) is 13.5 Å². The highest BCUT2D eigenvalue weighted by Crippen LogP contribution is 2.36. The van der Waals surface area contributed by atoms with Crippen LogP contribution in [0.2, 0.25) is 0 Å². The average molecular weight is 344 g/mol. The molecule has 0 saturated heterocycles. The number of primary sulfonamides is 1. The lowest BCUT2D eigenvalue weighted by Gasteiger charge is -2.06. The van der Waals surface area contributed by atoms with Gasteiger partial charge in [0.2, 0.25) is 15.9 Å². The summed E-state index contributed by atoms with van der Waals surface area (Å²) >= 11 is 0. The molecule has 3 aromatic rings. The predicted molar refractivity (Wildman–Crippen MR) is 89.4 cm³/mol. The summed E-state index contributed by atoms with van der Waals surface area (Å²) in [7, 11) is -3.94. The first-order valence-corrected chi connectivity index (χ1v) is 8.79. The Morgan fingerprint density at radius 3 is 2.33 bits per heavy atom. The minimum Gasteiger partial charge on any atom is -0.437 e. The maximum Gasteiger partial charge on any atom is 0.238 e. The lowest BCUT2D eigenvalue weighted by molar-refractivity contribution is 0.164. The van der Waals surface area contributed by atoms with Crippen LogP contribution in [-0.4, -0.2) is 18.5 Å². The van der Waals surface area contributed by atoms with Gasteiger partial charge in [-0.3, -0.25) is 0 Å². The summed E-state index contributed by atoms with van der Waals surface area (Å²) in [6, 6.07) is 15.4. The standard InChI is InChI=1S/C17H16N2O4S/c1-11(20)17-19-15(12-7-3-2-4-8-12)16(23-17)13-9-5-6-10-14(13)24(18,21)22/h2-11,20H,1H3,(H2,18,21,22). The molecule has 0 radical (unpaired) electrons. The fourth-order valence-electron chi connectivity index (χ4n) is 2.39. The molecule has 1 aromatic heterocycles. The van der Waals surface area contributed by atoms with Crippen molar-refractivity contribution in [1.29, 1.82) is 0 Å². The summed E-state index contributed by atoms with van der Waals surface area (Å²) < 4.78 is 29.4. The van der Waals surface area contributed by atoms with Crippen LogP contribution in [0.15, 0.2) is 63.9 Å². The predicted octanol–water partition coefficient (Wildman–Crippen LogP) is 2.71. The molecule has 3 N–H and O–H groups in total. The quantitative estimate of drug-likeness (QED) is 0.757. The third kappa shape index (κ3) is 3.09. The van der Waals surface area contributed by atoms with Crippen LogP contribution in [0.3, 0.4) is 0 Å². The number of hydrogen-bond donors (Lipinski definition) is 2. The van der Waals surface area contributed by atoms with Gasteiger partial charge in [0.25, 0.3) is 0 Å². The van der Waals surface area contributed by atoms with Crippen molar-refractivity contribution < 1.29 is 17.9 Å². The molecule has 1 unspecified atom stereocenters. The number of sulfonamides is 1. The molecule has 124 valence electrons. The molecule has 0 aliphatic carbocycles. The zero-order valence-corrected chi connectivity index (χ0v) is 13.7. The van der Waals surface area contributed by atoms with Gasteiger partial charge in [0.15, 0.2) is 5.76 Å². The van der Waals surface area contributed by atoms with Crippen molar-refractivity contribution in [3.05, 3.63) is 60.5 Å². The van der Waals surface area contributed by atoms with Gasteiger partial charge in [-0.1, -0.05) is 42.5 Å². The fraction of sp³-hybridized carbons (Fsp3) is 0.118. The number of rotatable bonds is 4. The van der Waals surface area contributed by atoms with E-state index >= 15 is 0 Å². The molecule has 1 heterocycles. The fourth-order valence-corrected chi connectivity index (χ4v) is 3.13. The van der Waals surface area contributed by atoms with Crippen LogP contribution in [0.5, 0.6) is 0 Å². The lowest BCUT2D eigenvalue weighted by atomic mass is 10.1. The highest BCUT2D eigenvalue weighted by molar-refractivity contribution is 7.89. The Morgan fingerprint density at radius 1 is 1.08 bits per heavy atom. The van der Waals surface area contributed by atoms with Crippen LogP contribution in [0, 0.1) is 0 Å². The van der Waals surface area contributed by atoms with E-state index < -0.39 is 16.1 Å². The molecule has 3 rings (SSSR count). The Labute approximate surface area is 139 Å². The molecular weight excluding hydrogens is 328 g/mol. The van der Waals surface area contributed by atoms with Crippen LogP contribution in [0.25, 0.3) is 22.6 Å². The molecule has 2 aromatic carbocycles. The van der Waals surface area contributed by atoms with Gasteiger partial charge < -0.3 is 9.52 Å². The molecule has 7 heteroatoms. The lowest BCUT2D eigenvalue weighted by Crippen LogP contribution is -2.13. The summed E-state index contributed by atoms with van der Waals surface area (Å²) in [6.07, 6.45) is -0.928. The molecule has 0 fully saturated rings. The highest BCUT2D eigenvalue weighted by Gasteiger charge is 2.24. The highest BCUT2D eigenvalue weighted by atomic mass is 32.2. The number of hydrogen-bond acceptors (Lipinski definition) is 5. The van der Waals surface area contributed by atoms with Gasteiger partial charge in [0, 0.05) is 11.1 Å². The van der Waals surface area contributed by atoms with Crippen LogP contribution in [0.4, 0.5) is 0 Å². The first kappa shape index (κ1) is 16.4. The van der Waals surface area contributed by atoms with Gasteiger partial charge in [0.05, 0.1) is 4.90 Å². The molecule has 0 spiro atoms. The summed E-state index contributed by atoms with van der Waals surface area (Å²) in [6.45, 7) is 1.52. The van der Waals surface area contributed by atoms with Gasteiger partial charge in [-0.2, -0.15) is 0 Å². The topological polar surface area (TPSA) is 106 Å². The monoisotopic (exact) mass is 344 g/mol. The second-order valence-electron chi connectivity index (χ2n) is 5.31. The minimum atomic E-state index is -3.94. The van der Waals surface area contributed by atoms with Crippen LogP contribution < -0.4 is 5.14 Å². The van der Waals surface area contributed by atoms with Crippen molar-refractivity contribution in [2.24, 2.45) is 5.14 Å². The van der Waals surface area contributed by atoms with E-state index in [4.69, 9.17) is 9.56 Å². The third-order valence-corrected chi connectivity index (χ3v) is 4.46. The van der Waals surface area contributed by atoms with Gasteiger partial charge in [-0.25, -0.2) is 18.5 Å². The Morgan fingerprint density at radius 2 is 1.71 bits per heavy atom. The number of aromatic nitrogens is 1. The van der Waals surface area contributed by atoms with E-state index in [1.807, 2.05) is 30.3 Å². The van der Waals surface area contributed by atoms with Crippen molar-refractivity contribution in [3.63, 3.8) is 0 Å². The maximum atomic E-state index is 11.9. The number of aliphatic hydroxyl groups excluding tert-OH is 1. The van der Waals surface area contributed by atoms with E-state index in [0.717, 1.165) is 5.56 Å². The average Bonchev–Trinajstić information content (AvgIpc) is 3.00. The van der Waals surface area contributed by atoms with Crippen molar-refractivity contribution in [3.8, 4) is 22.6 Å². The molecule has 0 saturated carbocycles.